The molecule has 0 aromatic heterocycles. The molecule has 4 heteroatoms. The molecule has 1 amide bonds. The van der Waals surface area contributed by atoms with Gasteiger partial charge in [0.15, 0.2) is 0 Å². The van der Waals surface area contributed by atoms with Gasteiger partial charge in [0.2, 0.25) is 5.91 Å². The molecule has 1 aromatic rings. The molecule has 1 fully saturated rings. The maximum atomic E-state index is 11.8. The molecular weight excluding hydrogens is 254 g/mol. The summed E-state index contributed by atoms with van der Waals surface area (Å²) < 4.78 is 0. The van der Waals surface area contributed by atoms with E-state index >= 15 is 0 Å². The van der Waals surface area contributed by atoms with E-state index in [4.69, 9.17) is 5.11 Å². The molecule has 20 heavy (non-hydrogen) atoms. The summed E-state index contributed by atoms with van der Waals surface area (Å²) in [4.78, 5) is 22.5. The maximum Gasteiger partial charge on any atom is 0.306 e. The molecule has 1 atom stereocenters. The summed E-state index contributed by atoms with van der Waals surface area (Å²) in [5.41, 5.74) is 1.25. The number of rotatable bonds is 6. The fourth-order valence-electron chi connectivity index (χ4n) is 2.53. The molecule has 0 saturated heterocycles. The minimum atomic E-state index is -0.756. The summed E-state index contributed by atoms with van der Waals surface area (Å²) in [5.74, 6) is -0.645. The van der Waals surface area contributed by atoms with Gasteiger partial charge in [0.25, 0.3) is 0 Å². The van der Waals surface area contributed by atoms with Crippen LogP contribution in [-0.2, 0) is 9.59 Å². The molecule has 1 aliphatic rings. The lowest BCUT2D eigenvalue weighted by Crippen LogP contribution is -2.46. The van der Waals surface area contributed by atoms with Crippen molar-refractivity contribution >= 4 is 11.9 Å². The SMILES string of the molecule is CC(CCC(=O)NC1CC(C(=O)O)C1)c1ccccc1. The zero-order valence-electron chi connectivity index (χ0n) is 11.7. The van der Waals surface area contributed by atoms with Gasteiger partial charge < -0.3 is 10.4 Å². The standard InChI is InChI=1S/C16H21NO3/c1-11(12-5-3-2-4-6-12)7-8-15(18)17-14-9-13(10-14)16(19)20/h2-6,11,13-14H,7-10H2,1H3,(H,17,18)(H,19,20). The highest BCUT2D eigenvalue weighted by Crippen LogP contribution is 2.27. The minimum absolute atomic E-state index is 0.0293. The normalized spacial score (nSPS) is 22.6. The second kappa shape index (κ2) is 6.55. The van der Waals surface area contributed by atoms with Gasteiger partial charge in [0.05, 0.1) is 5.92 Å². The van der Waals surface area contributed by atoms with Crippen molar-refractivity contribution in [3.05, 3.63) is 35.9 Å². The predicted octanol–water partition coefficient (Wildman–Crippen LogP) is 2.55. The molecule has 1 saturated carbocycles. The van der Waals surface area contributed by atoms with Crippen molar-refractivity contribution in [2.24, 2.45) is 5.92 Å². The van der Waals surface area contributed by atoms with E-state index in [-0.39, 0.29) is 17.9 Å². The summed E-state index contributed by atoms with van der Waals surface area (Å²) in [7, 11) is 0. The van der Waals surface area contributed by atoms with E-state index in [9.17, 15) is 9.59 Å². The van der Waals surface area contributed by atoms with Gasteiger partial charge in [-0.25, -0.2) is 0 Å². The fourth-order valence-corrected chi connectivity index (χ4v) is 2.53. The summed E-state index contributed by atoms with van der Waals surface area (Å²) in [6, 6.07) is 10.2. The molecule has 1 aliphatic carbocycles. The number of hydrogen-bond acceptors (Lipinski definition) is 2. The molecule has 4 nitrogen and oxygen atoms in total. The van der Waals surface area contributed by atoms with Crippen molar-refractivity contribution in [1.82, 2.24) is 5.32 Å². The molecule has 0 bridgehead atoms. The number of carbonyl (C=O) groups is 2. The van der Waals surface area contributed by atoms with E-state index in [2.05, 4.69) is 24.4 Å². The Morgan fingerprint density at radius 2 is 1.95 bits per heavy atom. The first-order valence-corrected chi connectivity index (χ1v) is 7.13. The number of aliphatic carboxylic acids is 1. The first-order valence-electron chi connectivity index (χ1n) is 7.13. The first kappa shape index (κ1) is 14.6. The van der Waals surface area contributed by atoms with Crippen LogP contribution < -0.4 is 5.32 Å². The summed E-state index contributed by atoms with van der Waals surface area (Å²) in [5, 5.41) is 11.7. The predicted molar refractivity (Wildman–Crippen MR) is 76.4 cm³/mol. The van der Waals surface area contributed by atoms with Crippen molar-refractivity contribution in [1.29, 1.82) is 0 Å². The average molecular weight is 275 g/mol. The van der Waals surface area contributed by atoms with Gasteiger partial charge in [-0.1, -0.05) is 37.3 Å². The van der Waals surface area contributed by atoms with Crippen molar-refractivity contribution in [3.63, 3.8) is 0 Å². The Hall–Kier alpha value is -1.84. The number of hydrogen-bond donors (Lipinski definition) is 2. The van der Waals surface area contributed by atoms with Gasteiger partial charge in [0.1, 0.15) is 0 Å². The van der Waals surface area contributed by atoms with Crippen LogP contribution in [0, 0.1) is 5.92 Å². The first-order chi connectivity index (χ1) is 9.56. The monoisotopic (exact) mass is 275 g/mol. The number of carboxylic acids is 1. The van der Waals surface area contributed by atoms with Gasteiger partial charge in [-0.05, 0) is 30.7 Å². The topological polar surface area (TPSA) is 66.4 Å². The van der Waals surface area contributed by atoms with Crippen molar-refractivity contribution in [2.45, 2.75) is 44.6 Å². The van der Waals surface area contributed by atoms with Crippen LogP contribution >= 0.6 is 0 Å². The summed E-state index contributed by atoms with van der Waals surface area (Å²) >= 11 is 0. The number of carboxylic acid groups (broad SMARTS) is 1. The minimum Gasteiger partial charge on any atom is -0.481 e. The highest BCUT2D eigenvalue weighted by atomic mass is 16.4. The lowest BCUT2D eigenvalue weighted by Gasteiger charge is -2.32. The van der Waals surface area contributed by atoms with Crippen molar-refractivity contribution < 1.29 is 14.7 Å². The second-order valence-electron chi connectivity index (χ2n) is 5.62. The zero-order valence-corrected chi connectivity index (χ0v) is 11.7. The van der Waals surface area contributed by atoms with Gasteiger partial charge in [0, 0.05) is 12.5 Å². The van der Waals surface area contributed by atoms with E-state index in [1.807, 2.05) is 18.2 Å². The Kier molecular flexibility index (Phi) is 4.77. The number of amides is 1. The lowest BCUT2D eigenvalue weighted by molar-refractivity contribution is -0.146. The maximum absolute atomic E-state index is 11.8. The van der Waals surface area contributed by atoms with Crippen LogP contribution in [0.1, 0.15) is 44.1 Å². The van der Waals surface area contributed by atoms with Crippen LogP contribution in [0.25, 0.3) is 0 Å². The van der Waals surface area contributed by atoms with Crippen molar-refractivity contribution in [2.75, 3.05) is 0 Å². The molecular formula is C16H21NO3. The summed E-state index contributed by atoms with van der Waals surface area (Å²) in [6.45, 7) is 2.12. The fraction of sp³-hybridized carbons (Fsp3) is 0.500. The molecule has 0 heterocycles. The van der Waals surface area contributed by atoms with E-state index in [0.29, 0.717) is 25.2 Å². The number of benzene rings is 1. The highest BCUT2D eigenvalue weighted by molar-refractivity contribution is 5.77. The molecule has 1 aromatic carbocycles. The summed E-state index contributed by atoms with van der Waals surface area (Å²) in [6.07, 6.45) is 2.43. The van der Waals surface area contributed by atoms with Crippen LogP contribution in [0.2, 0.25) is 0 Å². The Morgan fingerprint density at radius 1 is 1.30 bits per heavy atom. The molecule has 0 radical (unpaired) electrons. The average Bonchev–Trinajstić information content (AvgIpc) is 2.40. The zero-order chi connectivity index (χ0) is 14.5. The van der Waals surface area contributed by atoms with Crippen LogP contribution in [0.5, 0.6) is 0 Å². The van der Waals surface area contributed by atoms with Crippen LogP contribution in [0.4, 0.5) is 0 Å². The Morgan fingerprint density at radius 3 is 2.55 bits per heavy atom. The van der Waals surface area contributed by atoms with Crippen LogP contribution in [0.15, 0.2) is 30.3 Å². The third-order valence-electron chi connectivity index (χ3n) is 4.03. The molecule has 0 aliphatic heterocycles. The van der Waals surface area contributed by atoms with E-state index in [1.165, 1.54) is 5.56 Å². The quantitative estimate of drug-likeness (QED) is 0.838. The van der Waals surface area contributed by atoms with Gasteiger partial charge >= 0.3 is 5.97 Å². The Labute approximate surface area is 119 Å². The Bertz CT molecular complexity index is 466. The smallest absolute Gasteiger partial charge is 0.306 e. The highest BCUT2D eigenvalue weighted by Gasteiger charge is 2.35. The molecule has 2 rings (SSSR count). The third-order valence-corrected chi connectivity index (χ3v) is 4.03. The van der Waals surface area contributed by atoms with E-state index in [1.54, 1.807) is 0 Å². The third kappa shape index (κ3) is 3.83. The van der Waals surface area contributed by atoms with Crippen LogP contribution in [0.3, 0.4) is 0 Å². The Balaban J connectivity index is 1.67. The van der Waals surface area contributed by atoms with Gasteiger partial charge in [-0.15, -0.1) is 0 Å². The van der Waals surface area contributed by atoms with Gasteiger partial charge in [-0.2, -0.15) is 0 Å². The second-order valence-corrected chi connectivity index (χ2v) is 5.62. The number of carbonyl (C=O) groups excluding carboxylic acids is 1. The van der Waals surface area contributed by atoms with Gasteiger partial charge in [-0.3, -0.25) is 9.59 Å². The molecule has 1 unspecified atom stereocenters. The van der Waals surface area contributed by atoms with Crippen molar-refractivity contribution in [3.8, 4) is 0 Å². The van der Waals surface area contributed by atoms with E-state index < -0.39 is 5.97 Å². The van der Waals surface area contributed by atoms with E-state index in [0.717, 1.165) is 6.42 Å². The lowest BCUT2D eigenvalue weighted by atomic mass is 9.80. The molecule has 108 valence electrons. The molecule has 2 N–H and O–H groups in total. The molecule has 0 spiro atoms. The number of nitrogens with one attached hydrogen (secondary N) is 1. The van der Waals surface area contributed by atoms with Crippen LogP contribution in [-0.4, -0.2) is 23.0 Å². The largest absolute Gasteiger partial charge is 0.481 e.